The molecule has 9 heteroatoms. The molecule has 0 unspecified atom stereocenters. The van der Waals surface area contributed by atoms with E-state index in [2.05, 4.69) is 15.4 Å². The van der Waals surface area contributed by atoms with E-state index in [9.17, 15) is 4.79 Å². The number of rotatable bonds is 6. The van der Waals surface area contributed by atoms with Crippen LogP contribution in [0.25, 0.3) is 16.9 Å². The van der Waals surface area contributed by atoms with E-state index in [4.69, 9.17) is 32.7 Å². The number of aromatic nitrogens is 3. The number of amides is 1. The molecule has 0 aliphatic heterocycles. The second-order valence-corrected chi connectivity index (χ2v) is 7.13. The number of anilines is 1. The van der Waals surface area contributed by atoms with Crippen molar-refractivity contribution >= 4 is 40.4 Å². The van der Waals surface area contributed by atoms with Gasteiger partial charge in [0.25, 0.3) is 5.91 Å². The molecule has 0 spiro atoms. The fourth-order valence-electron chi connectivity index (χ4n) is 2.76. The molecule has 152 valence electrons. The number of carbonyl (C=O) groups is 1. The highest BCUT2D eigenvalue weighted by atomic mass is 35.5. The van der Waals surface area contributed by atoms with Crippen molar-refractivity contribution in [2.24, 2.45) is 0 Å². The van der Waals surface area contributed by atoms with Gasteiger partial charge in [0.1, 0.15) is 5.75 Å². The molecule has 7 nitrogen and oxygen atoms in total. The van der Waals surface area contributed by atoms with Gasteiger partial charge in [-0.3, -0.25) is 4.79 Å². The Morgan fingerprint density at radius 1 is 1.10 bits per heavy atom. The van der Waals surface area contributed by atoms with Crippen molar-refractivity contribution in [2.75, 3.05) is 19.0 Å². The number of halogens is 2. The summed E-state index contributed by atoms with van der Waals surface area (Å²) in [5, 5.41) is 8.06. The number of hydrogen-bond acceptors (Lipinski definition) is 5. The predicted molar refractivity (Wildman–Crippen MR) is 116 cm³/mol. The van der Waals surface area contributed by atoms with Gasteiger partial charge >= 0.3 is 0 Å². The summed E-state index contributed by atoms with van der Waals surface area (Å²) in [7, 11) is 1.55. The molecule has 4 aromatic rings. The Morgan fingerprint density at radius 3 is 2.67 bits per heavy atom. The van der Waals surface area contributed by atoms with Gasteiger partial charge in [0.2, 0.25) is 5.88 Å². The van der Waals surface area contributed by atoms with Gasteiger partial charge in [-0.05, 0) is 42.5 Å². The third-order valence-electron chi connectivity index (χ3n) is 4.22. The first-order chi connectivity index (χ1) is 14.5. The van der Waals surface area contributed by atoms with Gasteiger partial charge in [-0.15, -0.1) is 5.10 Å². The molecule has 2 aromatic heterocycles. The van der Waals surface area contributed by atoms with Crippen LogP contribution in [0.4, 0.5) is 5.69 Å². The number of methoxy groups -OCH3 is 1. The molecule has 4 rings (SSSR count). The summed E-state index contributed by atoms with van der Waals surface area (Å²) in [5.74, 6) is 0.684. The summed E-state index contributed by atoms with van der Waals surface area (Å²) >= 11 is 12.1. The fourth-order valence-corrected chi connectivity index (χ4v) is 3.05. The topological polar surface area (TPSA) is 77.8 Å². The van der Waals surface area contributed by atoms with Gasteiger partial charge in [0, 0.05) is 16.7 Å². The molecule has 0 saturated carbocycles. The molecule has 0 fully saturated rings. The molecular formula is C21H16Cl2N4O3. The lowest BCUT2D eigenvalue weighted by Crippen LogP contribution is -2.20. The van der Waals surface area contributed by atoms with Crippen LogP contribution in [0.1, 0.15) is 0 Å². The Labute approximate surface area is 182 Å². The van der Waals surface area contributed by atoms with Crippen LogP contribution in [-0.4, -0.2) is 34.2 Å². The molecule has 2 heterocycles. The highest BCUT2D eigenvalue weighted by Gasteiger charge is 2.11. The zero-order valence-electron chi connectivity index (χ0n) is 15.8. The van der Waals surface area contributed by atoms with Crippen molar-refractivity contribution in [3.8, 4) is 22.9 Å². The maximum absolute atomic E-state index is 12.3. The van der Waals surface area contributed by atoms with Crippen LogP contribution < -0.4 is 14.8 Å². The van der Waals surface area contributed by atoms with E-state index in [-0.39, 0.29) is 12.5 Å². The minimum absolute atomic E-state index is 0.166. The third kappa shape index (κ3) is 4.48. The van der Waals surface area contributed by atoms with Crippen LogP contribution in [0.3, 0.4) is 0 Å². The van der Waals surface area contributed by atoms with Crippen LogP contribution >= 0.6 is 23.2 Å². The second-order valence-electron chi connectivity index (χ2n) is 6.29. The van der Waals surface area contributed by atoms with Gasteiger partial charge in [-0.2, -0.15) is 0 Å². The first-order valence-corrected chi connectivity index (χ1v) is 9.66. The Balaban J connectivity index is 1.50. The summed E-state index contributed by atoms with van der Waals surface area (Å²) < 4.78 is 12.2. The van der Waals surface area contributed by atoms with E-state index >= 15 is 0 Å². The standard InChI is InChI=1S/C21H16Cl2N4O3/c1-29-21-9-8-19-24-18(11-27(19)26-21)13-2-7-16(23)17(10-13)25-20(28)12-30-15-5-3-14(22)4-6-15/h2-11H,12H2,1H3,(H,25,28). The van der Waals surface area contributed by atoms with Crippen molar-refractivity contribution < 1.29 is 14.3 Å². The molecule has 0 saturated heterocycles. The number of hydrogen-bond donors (Lipinski definition) is 1. The Morgan fingerprint density at radius 2 is 1.90 bits per heavy atom. The SMILES string of the molecule is COc1ccc2nc(-c3ccc(Cl)c(NC(=O)COc4ccc(Cl)cc4)c3)cn2n1. The quantitative estimate of drug-likeness (QED) is 0.466. The van der Waals surface area contributed by atoms with Gasteiger partial charge in [0.15, 0.2) is 12.3 Å². The average Bonchev–Trinajstić information content (AvgIpc) is 3.18. The first kappa shape index (κ1) is 20.0. The average molecular weight is 443 g/mol. The number of imidazole rings is 1. The minimum Gasteiger partial charge on any atom is -0.484 e. The van der Waals surface area contributed by atoms with Crippen LogP contribution in [-0.2, 0) is 4.79 Å². The largest absolute Gasteiger partial charge is 0.484 e. The fraction of sp³-hybridized carbons (Fsp3) is 0.0952. The summed E-state index contributed by atoms with van der Waals surface area (Å²) in [4.78, 5) is 16.8. The molecule has 0 radical (unpaired) electrons. The maximum atomic E-state index is 12.3. The van der Waals surface area contributed by atoms with E-state index in [0.29, 0.717) is 38.7 Å². The Bertz CT molecular complexity index is 1210. The number of nitrogens with one attached hydrogen (secondary N) is 1. The molecule has 1 N–H and O–H groups in total. The van der Waals surface area contributed by atoms with Crippen molar-refractivity contribution in [3.05, 3.63) is 70.8 Å². The molecular weight excluding hydrogens is 427 g/mol. The lowest BCUT2D eigenvalue weighted by Gasteiger charge is -2.10. The van der Waals surface area contributed by atoms with Crippen molar-refractivity contribution in [1.29, 1.82) is 0 Å². The maximum Gasteiger partial charge on any atom is 0.262 e. The molecule has 2 aromatic carbocycles. The summed E-state index contributed by atoms with van der Waals surface area (Å²) in [6.45, 7) is -0.166. The molecule has 1 amide bonds. The van der Waals surface area contributed by atoms with E-state index < -0.39 is 0 Å². The van der Waals surface area contributed by atoms with E-state index in [1.54, 1.807) is 60.3 Å². The lowest BCUT2D eigenvalue weighted by molar-refractivity contribution is -0.118. The van der Waals surface area contributed by atoms with Crippen LogP contribution in [0.2, 0.25) is 10.0 Å². The third-order valence-corrected chi connectivity index (χ3v) is 4.81. The lowest BCUT2D eigenvalue weighted by atomic mass is 10.1. The zero-order valence-corrected chi connectivity index (χ0v) is 17.3. The molecule has 0 atom stereocenters. The van der Waals surface area contributed by atoms with E-state index in [1.165, 1.54) is 0 Å². The minimum atomic E-state index is -0.342. The molecule has 0 aliphatic rings. The summed E-state index contributed by atoms with van der Waals surface area (Å²) in [6, 6.07) is 15.6. The van der Waals surface area contributed by atoms with Gasteiger partial charge in [-0.1, -0.05) is 29.3 Å². The van der Waals surface area contributed by atoms with Crippen LogP contribution in [0.5, 0.6) is 11.6 Å². The van der Waals surface area contributed by atoms with E-state index in [0.717, 1.165) is 5.56 Å². The zero-order chi connectivity index (χ0) is 21.1. The Kier molecular flexibility index (Phi) is 5.74. The number of ether oxygens (including phenoxy) is 2. The highest BCUT2D eigenvalue weighted by molar-refractivity contribution is 6.33. The number of fused-ring (bicyclic) bond motifs is 1. The predicted octanol–water partition coefficient (Wildman–Crippen LogP) is 4.73. The highest BCUT2D eigenvalue weighted by Crippen LogP contribution is 2.29. The number of benzene rings is 2. The molecule has 0 aliphatic carbocycles. The van der Waals surface area contributed by atoms with Crippen molar-refractivity contribution in [1.82, 2.24) is 14.6 Å². The second kappa shape index (κ2) is 8.61. The Hall–Kier alpha value is -3.29. The number of nitrogens with zero attached hydrogens (tertiary/aromatic N) is 3. The smallest absolute Gasteiger partial charge is 0.262 e. The number of carbonyl (C=O) groups excluding carboxylic acids is 1. The summed E-state index contributed by atoms with van der Waals surface area (Å²) in [5.41, 5.74) is 2.59. The summed E-state index contributed by atoms with van der Waals surface area (Å²) in [6.07, 6.45) is 1.77. The molecule has 0 bridgehead atoms. The normalized spacial score (nSPS) is 10.8. The van der Waals surface area contributed by atoms with Crippen LogP contribution in [0, 0.1) is 0 Å². The van der Waals surface area contributed by atoms with Crippen molar-refractivity contribution in [3.63, 3.8) is 0 Å². The first-order valence-electron chi connectivity index (χ1n) is 8.90. The molecule has 30 heavy (non-hydrogen) atoms. The monoisotopic (exact) mass is 442 g/mol. The van der Waals surface area contributed by atoms with E-state index in [1.807, 2.05) is 12.1 Å². The van der Waals surface area contributed by atoms with Crippen LogP contribution in [0.15, 0.2) is 60.8 Å². The van der Waals surface area contributed by atoms with Gasteiger partial charge in [-0.25, -0.2) is 9.50 Å². The van der Waals surface area contributed by atoms with Gasteiger partial charge in [0.05, 0.1) is 29.7 Å². The van der Waals surface area contributed by atoms with Gasteiger partial charge < -0.3 is 14.8 Å². The van der Waals surface area contributed by atoms with Crippen molar-refractivity contribution in [2.45, 2.75) is 0 Å².